The zero-order chi connectivity index (χ0) is 13.8. The lowest BCUT2D eigenvalue weighted by molar-refractivity contribution is 0.391. The monoisotopic (exact) mass is 257 g/mol. The first-order valence-electron chi connectivity index (χ1n) is 7.08. The molecule has 1 fully saturated rings. The van der Waals surface area contributed by atoms with Crippen LogP contribution in [0.15, 0.2) is 24.3 Å². The Labute approximate surface area is 116 Å². The van der Waals surface area contributed by atoms with Crippen molar-refractivity contribution in [1.29, 1.82) is 5.26 Å². The van der Waals surface area contributed by atoms with Crippen molar-refractivity contribution in [2.45, 2.75) is 45.2 Å². The van der Waals surface area contributed by atoms with E-state index in [0.29, 0.717) is 18.4 Å². The van der Waals surface area contributed by atoms with Gasteiger partial charge < -0.3 is 10.2 Å². The first-order valence-corrected chi connectivity index (χ1v) is 7.08. The largest absolute Gasteiger partial charge is 0.368 e. The lowest BCUT2D eigenvalue weighted by atomic mass is 10.0. The molecule has 1 heterocycles. The van der Waals surface area contributed by atoms with Crippen LogP contribution >= 0.6 is 0 Å². The predicted octanol–water partition coefficient (Wildman–Crippen LogP) is 2.89. The highest BCUT2D eigenvalue weighted by atomic mass is 15.2. The first-order chi connectivity index (χ1) is 9.10. The highest BCUT2D eigenvalue weighted by Crippen LogP contribution is 2.22. The van der Waals surface area contributed by atoms with Crippen LogP contribution in [-0.4, -0.2) is 25.2 Å². The molecule has 1 aromatic rings. The minimum atomic E-state index is 0.276. The van der Waals surface area contributed by atoms with Crippen molar-refractivity contribution in [3.63, 3.8) is 0 Å². The second-order valence-electron chi connectivity index (χ2n) is 5.78. The van der Waals surface area contributed by atoms with Gasteiger partial charge in [-0.25, -0.2) is 0 Å². The summed E-state index contributed by atoms with van der Waals surface area (Å²) < 4.78 is 0. The maximum absolute atomic E-state index is 8.85. The number of hydrogen-bond acceptors (Lipinski definition) is 3. The summed E-state index contributed by atoms with van der Waals surface area (Å²) >= 11 is 0. The van der Waals surface area contributed by atoms with E-state index in [0.717, 1.165) is 13.1 Å². The van der Waals surface area contributed by atoms with Crippen LogP contribution in [0.4, 0.5) is 5.69 Å². The fourth-order valence-electron chi connectivity index (χ4n) is 2.69. The molecule has 0 radical (unpaired) electrons. The van der Waals surface area contributed by atoms with Crippen molar-refractivity contribution < 1.29 is 0 Å². The number of piperazine rings is 1. The summed E-state index contributed by atoms with van der Waals surface area (Å²) in [5.41, 5.74) is 2.64. The van der Waals surface area contributed by atoms with Crippen LogP contribution < -0.4 is 10.2 Å². The predicted molar refractivity (Wildman–Crippen MR) is 79.4 cm³/mol. The van der Waals surface area contributed by atoms with Gasteiger partial charge in [0.1, 0.15) is 0 Å². The summed E-state index contributed by atoms with van der Waals surface area (Å²) in [7, 11) is 0. The number of rotatable bonds is 3. The van der Waals surface area contributed by atoms with Crippen LogP contribution in [0.5, 0.6) is 0 Å². The quantitative estimate of drug-likeness (QED) is 0.905. The summed E-state index contributed by atoms with van der Waals surface area (Å²) in [4.78, 5) is 2.38. The second kappa shape index (κ2) is 6.08. The van der Waals surface area contributed by atoms with E-state index in [1.54, 1.807) is 0 Å². The second-order valence-corrected chi connectivity index (χ2v) is 5.78. The molecule has 1 aliphatic rings. The SMILES string of the molecule is CC1CN(c2ccc(C(C)C)cc2)CC(CC#N)N1. The summed E-state index contributed by atoms with van der Waals surface area (Å²) in [5, 5.41) is 12.3. The van der Waals surface area contributed by atoms with Gasteiger partial charge in [-0.15, -0.1) is 0 Å². The van der Waals surface area contributed by atoms with Crippen LogP contribution in [0.2, 0.25) is 0 Å². The smallest absolute Gasteiger partial charge is 0.0638 e. The van der Waals surface area contributed by atoms with E-state index in [-0.39, 0.29) is 6.04 Å². The average molecular weight is 257 g/mol. The van der Waals surface area contributed by atoms with Crippen molar-refractivity contribution in [3.8, 4) is 6.07 Å². The van der Waals surface area contributed by atoms with E-state index in [1.165, 1.54) is 11.3 Å². The molecule has 0 saturated carbocycles. The third-order valence-corrected chi connectivity index (χ3v) is 3.72. The first kappa shape index (κ1) is 13.9. The Bertz CT molecular complexity index is 444. The van der Waals surface area contributed by atoms with Gasteiger partial charge in [-0.3, -0.25) is 0 Å². The van der Waals surface area contributed by atoms with Gasteiger partial charge in [-0.1, -0.05) is 26.0 Å². The van der Waals surface area contributed by atoms with Crippen LogP contribution in [0.3, 0.4) is 0 Å². The summed E-state index contributed by atoms with van der Waals surface area (Å²) in [6.45, 7) is 8.52. The zero-order valence-electron chi connectivity index (χ0n) is 12.1. The van der Waals surface area contributed by atoms with E-state index < -0.39 is 0 Å². The standard InChI is InChI=1S/C16H23N3/c1-12(2)14-4-6-16(7-5-14)19-10-13(3)18-15(11-19)8-9-17/h4-7,12-13,15,18H,8,10-11H2,1-3H3. The van der Waals surface area contributed by atoms with Gasteiger partial charge in [0.25, 0.3) is 0 Å². The van der Waals surface area contributed by atoms with Gasteiger partial charge in [-0.05, 0) is 30.5 Å². The third-order valence-electron chi connectivity index (χ3n) is 3.72. The number of anilines is 1. The summed E-state index contributed by atoms with van der Waals surface area (Å²) in [6.07, 6.45) is 0.574. The molecule has 0 bridgehead atoms. The number of nitriles is 1. The molecule has 1 aliphatic heterocycles. The van der Waals surface area contributed by atoms with Crippen LogP contribution in [0.25, 0.3) is 0 Å². The molecular formula is C16H23N3. The molecule has 102 valence electrons. The Morgan fingerprint density at radius 2 is 2.00 bits per heavy atom. The lowest BCUT2D eigenvalue weighted by Gasteiger charge is -2.38. The molecule has 2 unspecified atom stereocenters. The molecule has 2 atom stereocenters. The number of hydrogen-bond donors (Lipinski definition) is 1. The van der Waals surface area contributed by atoms with E-state index in [9.17, 15) is 0 Å². The molecule has 3 heteroatoms. The van der Waals surface area contributed by atoms with Crippen molar-refractivity contribution >= 4 is 5.69 Å². The van der Waals surface area contributed by atoms with Crippen LogP contribution in [0, 0.1) is 11.3 Å². The highest BCUT2D eigenvalue weighted by molar-refractivity contribution is 5.49. The van der Waals surface area contributed by atoms with Crippen molar-refractivity contribution in [1.82, 2.24) is 5.32 Å². The van der Waals surface area contributed by atoms with Gasteiger partial charge in [0.2, 0.25) is 0 Å². The van der Waals surface area contributed by atoms with Crippen molar-refractivity contribution in [2.75, 3.05) is 18.0 Å². The Hall–Kier alpha value is -1.53. The van der Waals surface area contributed by atoms with Crippen LogP contribution in [-0.2, 0) is 0 Å². The van der Waals surface area contributed by atoms with Crippen molar-refractivity contribution in [3.05, 3.63) is 29.8 Å². The Morgan fingerprint density at radius 1 is 1.32 bits per heavy atom. The molecule has 0 aromatic heterocycles. The molecule has 1 N–H and O–H groups in total. The molecular weight excluding hydrogens is 234 g/mol. The van der Waals surface area contributed by atoms with Crippen LogP contribution in [0.1, 0.15) is 38.7 Å². The summed E-state index contributed by atoms with van der Waals surface area (Å²) in [5.74, 6) is 0.572. The Morgan fingerprint density at radius 3 is 2.58 bits per heavy atom. The average Bonchev–Trinajstić information content (AvgIpc) is 2.38. The maximum Gasteiger partial charge on any atom is 0.0638 e. The Kier molecular flexibility index (Phi) is 4.44. The van der Waals surface area contributed by atoms with E-state index >= 15 is 0 Å². The molecule has 3 nitrogen and oxygen atoms in total. The fourth-order valence-corrected chi connectivity index (χ4v) is 2.69. The zero-order valence-corrected chi connectivity index (χ0v) is 12.1. The summed E-state index contributed by atoms with van der Waals surface area (Å²) in [6, 6.07) is 11.8. The molecule has 2 rings (SSSR count). The normalized spacial score (nSPS) is 23.4. The number of nitrogens with one attached hydrogen (secondary N) is 1. The van der Waals surface area contributed by atoms with Gasteiger partial charge in [-0.2, -0.15) is 5.26 Å². The lowest BCUT2D eigenvalue weighted by Crippen LogP contribution is -2.55. The molecule has 1 aromatic carbocycles. The maximum atomic E-state index is 8.85. The minimum Gasteiger partial charge on any atom is -0.368 e. The molecule has 1 saturated heterocycles. The van der Waals surface area contributed by atoms with E-state index in [4.69, 9.17) is 5.26 Å². The fraction of sp³-hybridized carbons (Fsp3) is 0.562. The third kappa shape index (κ3) is 3.48. The molecule has 0 spiro atoms. The van der Waals surface area contributed by atoms with E-state index in [2.05, 4.69) is 61.3 Å². The topological polar surface area (TPSA) is 39.1 Å². The molecule has 0 amide bonds. The highest BCUT2D eigenvalue weighted by Gasteiger charge is 2.23. The van der Waals surface area contributed by atoms with Gasteiger partial charge in [0, 0.05) is 30.9 Å². The molecule has 0 aliphatic carbocycles. The number of benzene rings is 1. The number of nitrogens with zero attached hydrogens (tertiary/aromatic N) is 2. The van der Waals surface area contributed by atoms with Gasteiger partial charge >= 0.3 is 0 Å². The van der Waals surface area contributed by atoms with Crippen molar-refractivity contribution in [2.24, 2.45) is 0 Å². The minimum absolute atomic E-state index is 0.276. The van der Waals surface area contributed by atoms with E-state index in [1.807, 2.05) is 0 Å². The molecule has 19 heavy (non-hydrogen) atoms. The Balaban J connectivity index is 2.09. The van der Waals surface area contributed by atoms with Gasteiger partial charge in [0.05, 0.1) is 12.5 Å². The van der Waals surface area contributed by atoms with Gasteiger partial charge in [0.15, 0.2) is 0 Å².